The van der Waals surface area contributed by atoms with Gasteiger partial charge in [-0.2, -0.15) is 17.8 Å². The lowest BCUT2D eigenvalue weighted by Gasteiger charge is -2.33. The van der Waals surface area contributed by atoms with Crippen molar-refractivity contribution in [1.82, 2.24) is 30.4 Å². The molecule has 0 aliphatic carbocycles. The Morgan fingerprint density at radius 1 is 1.00 bits per heavy atom. The molecule has 1 unspecified atom stereocenters. The van der Waals surface area contributed by atoms with Crippen molar-refractivity contribution in [2.24, 2.45) is 5.92 Å². The van der Waals surface area contributed by atoms with E-state index in [9.17, 15) is 19.5 Å². The Morgan fingerprint density at radius 3 is 2.25 bits per heavy atom. The van der Waals surface area contributed by atoms with Gasteiger partial charge in [0.05, 0.1) is 11.7 Å². The van der Waals surface area contributed by atoms with E-state index < -0.39 is 23.7 Å². The number of carbonyl (C=O) groups excluding carboxylic acids is 2. The van der Waals surface area contributed by atoms with Crippen molar-refractivity contribution < 1.29 is 19.5 Å². The topological polar surface area (TPSA) is 132 Å². The maximum absolute atomic E-state index is 13.8. The highest BCUT2D eigenvalue weighted by atomic mass is 32.1. The molecule has 40 heavy (non-hydrogen) atoms. The highest BCUT2D eigenvalue weighted by molar-refractivity contribution is 7.81. The summed E-state index contributed by atoms with van der Waals surface area (Å²) in [7, 11) is 1.49. The number of aliphatic carboxylic acids is 1. The first kappa shape index (κ1) is 30.8. The van der Waals surface area contributed by atoms with Crippen LogP contribution in [0, 0.1) is 5.92 Å². The molecule has 0 saturated heterocycles. The average molecular weight is 567 g/mol. The summed E-state index contributed by atoms with van der Waals surface area (Å²) in [6.07, 6.45) is 2.20. The number of carboxylic acid groups (broad SMARTS) is 1. The standard InChI is InChI=1S/C29H38N6O4S/c1-5-6-9-16-35(28(38)24(17-25(36)37)34(4)29(39)26(40)19(2)3)18-20-12-14-21(15-13-20)22-10-7-8-11-23(22)27-30-32-33-31-27/h7-8,10-15,19,24,26,40H,5-6,9,16-18H2,1-4H3,(H,36,37)(H,30,31,32,33)/t24?,26-/m0/s1. The molecule has 0 aliphatic heterocycles. The van der Waals surface area contributed by atoms with Crippen molar-refractivity contribution in [1.29, 1.82) is 0 Å². The van der Waals surface area contributed by atoms with E-state index in [2.05, 4.69) is 40.2 Å². The summed E-state index contributed by atoms with van der Waals surface area (Å²) >= 11 is 4.40. The number of carboxylic acids is 1. The van der Waals surface area contributed by atoms with Crippen molar-refractivity contribution in [3.63, 3.8) is 0 Å². The monoisotopic (exact) mass is 566 g/mol. The smallest absolute Gasteiger partial charge is 0.305 e. The Kier molecular flexibility index (Phi) is 11.2. The van der Waals surface area contributed by atoms with E-state index in [1.807, 2.05) is 62.4 Å². The molecule has 0 radical (unpaired) electrons. The number of H-pyrrole nitrogens is 1. The quantitative estimate of drug-likeness (QED) is 0.196. The highest BCUT2D eigenvalue weighted by Gasteiger charge is 2.35. The van der Waals surface area contributed by atoms with Crippen LogP contribution in [0.15, 0.2) is 48.5 Å². The molecule has 11 heteroatoms. The Labute approximate surface area is 240 Å². The van der Waals surface area contributed by atoms with E-state index in [1.54, 1.807) is 4.90 Å². The van der Waals surface area contributed by atoms with E-state index in [1.165, 1.54) is 11.9 Å². The van der Waals surface area contributed by atoms with E-state index in [4.69, 9.17) is 0 Å². The number of aromatic amines is 1. The number of amides is 2. The van der Waals surface area contributed by atoms with Crippen molar-refractivity contribution >= 4 is 30.4 Å². The van der Waals surface area contributed by atoms with Gasteiger partial charge in [0.2, 0.25) is 17.6 Å². The maximum Gasteiger partial charge on any atom is 0.305 e. The molecule has 0 bridgehead atoms. The molecule has 2 aromatic carbocycles. The second-order valence-corrected chi connectivity index (χ2v) is 10.8. The second kappa shape index (κ2) is 14.6. The number of likely N-dealkylation sites (N-methyl/N-ethyl adjacent to an activating group) is 1. The summed E-state index contributed by atoms with van der Waals surface area (Å²) < 4.78 is 0. The van der Waals surface area contributed by atoms with Gasteiger partial charge in [0.25, 0.3) is 0 Å². The van der Waals surface area contributed by atoms with Crippen molar-refractivity contribution in [2.75, 3.05) is 13.6 Å². The second-order valence-electron chi connectivity index (χ2n) is 10.2. The van der Waals surface area contributed by atoms with Crippen molar-refractivity contribution in [2.45, 2.75) is 64.3 Å². The van der Waals surface area contributed by atoms with Crippen molar-refractivity contribution in [3.8, 4) is 22.5 Å². The molecular formula is C29H38N6O4S. The maximum atomic E-state index is 13.8. The minimum atomic E-state index is -1.14. The third-order valence-corrected chi connectivity index (χ3v) is 7.66. The van der Waals surface area contributed by atoms with Crippen LogP contribution in [0.1, 0.15) is 52.0 Å². The lowest BCUT2D eigenvalue weighted by molar-refractivity contribution is -0.150. The Balaban J connectivity index is 1.86. The molecule has 3 rings (SSSR count). The summed E-state index contributed by atoms with van der Waals surface area (Å²) in [5.41, 5.74) is 3.63. The van der Waals surface area contributed by atoms with Crippen LogP contribution in [0.3, 0.4) is 0 Å². The number of aromatic nitrogens is 4. The summed E-state index contributed by atoms with van der Waals surface area (Å²) in [4.78, 5) is 41.5. The van der Waals surface area contributed by atoms with Crippen LogP contribution in [0.4, 0.5) is 0 Å². The first-order valence-electron chi connectivity index (χ1n) is 13.5. The van der Waals surface area contributed by atoms with Gasteiger partial charge in [-0.3, -0.25) is 14.4 Å². The first-order chi connectivity index (χ1) is 19.1. The molecule has 2 amide bonds. The predicted molar refractivity (Wildman–Crippen MR) is 156 cm³/mol. The van der Waals surface area contributed by atoms with Gasteiger partial charge in [-0.25, -0.2) is 0 Å². The van der Waals surface area contributed by atoms with Gasteiger partial charge in [-0.15, -0.1) is 10.2 Å². The van der Waals surface area contributed by atoms with E-state index >= 15 is 0 Å². The van der Waals surface area contributed by atoms with Gasteiger partial charge in [0, 0.05) is 25.7 Å². The van der Waals surface area contributed by atoms with Crippen LogP contribution in [0.5, 0.6) is 0 Å². The number of hydrogen-bond donors (Lipinski definition) is 3. The van der Waals surface area contributed by atoms with Crippen LogP contribution < -0.4 is 0 Å². The van der Waals surface area contributed by atoms with Gasteiger partial charge in [-0.05, 0) is 34.2 Å². The van der Waals surface area contributed by atoms with Crippen LogP contribution in [0.25, 0.3) is 22.5 Å². The fourth-order valence-electron chi connectivity index (χ4n) is 4.45. The fourth-order valence-corrected chi connectivity index (χ4v) is 4.63. The Bertz CT molecular complexity index is 1270. The fraction of sp³-hybridized carbons (Fsp3) is 0.448. The molecule has 214 valence electrons. The molecule has 3 aromatic rings. The largest absolute Gasteiger partial charge is 0.481 e. The predicted octanol–water partition coefficient (Wildman–Crippen LogP) is 4.31. The van der Waals surface area contributed by atoms with Crippen LogP contribution in [0.2, 0.25) is 0 Å². The highest BCUT2D eigenvalue weighted by Crippen LogP contribution is 2.30. The minimum Gasteiger partial charge on any atom is -0.481 e. The van der Waals surface area contributed by atoms with Gasteiger partial charge >= 0.3 is 5.97 Å². The number of unbranched alkanes of at least 4 members (excludes halogenated alkanes) is 2. The molecule has 10 nitrogen and oxygen atoms in total. The SMILES string of the molecule is CCCCCN(Cc1ccc(-c2ccccc2-c2nn[nH]n2)cc1)C(=O)C(CC(=O)O)N(C)C(=O)[C@@H](S)C(C)C. The third-order valence-electron chi connectivity index (χ3n) is 6.85. The minimum absolute atomic E-state index is 0.0664. The lowest BCUT2D eigenvalue weighted by Crippen LogP contribution is -2.52. The number of hydrogen-bond acceptors (Lipinski definition) is 7. The van der Waals surface area contributed by atoms with Crippen LogP contribution in [-0.4, -0.2) is 78.2 Å². The Morgan fingerprint density at radius 2 is 1.68 bits per heavy atom. The van der Waals surface area contributed by atoms with Gasteiger partial charge in [0.15, 0.2) is 0 Å². The van der Waals surface area contributed by atoms with Crippen LogP contribution in [-0.2, 0) is 20.9 Å². The number of nitrogens with zero attached hydrogens (tertiary/aromatic N) is 5. The zero-order valence-corrected chi connectivity index (χ0v) is 24.3. The number of thiol groups is 1. The summed E-state index contributed by atoms with van der Waals surface area (Å²) in [5, 5.41) is 23.3. The van der Waals surface area contributed by atoms with E-state index in [-0.39, 0.29) is 17.7 Å². The molecule has 1 heterocycles. The van der Waals surface area contributed by atoms with Gasteiger partial charge < -0.3 is 14.9 Å². The Hall–Kier alpha value is -3.73. The number of rotatable bonds is 14. The number of carbonyl (C=O) groups is 3. The molecule has 0 fully saturated rings. The molecule has 1 aromatic heterocycles. The molecule has 0 saturated carbocycles. The summed E-state index contributed by atoms with van der Waals surface area (Å²) in [5.74, 6) is -1.46. The average Bonchev–Trinajstić information content (AvgIpc) is 3.49. The summed E-state index contributed by atoms with van der Waals surface area (Å²) in [6.45, 7) is 6.55. The van der Waals surface area contributed by atoms with Crippen molar-refractivity contribution in [3.05, 3.63) is 54.1 Å². The van der Waals surface area contributed by atoms with E-state index in [0.717, 1.165) is 41.5 Å². The summed E-state index contributed by atoms with van der Waals surface area (Å²) in [6, 6.07) is 14.5. The normalized spacial score (nSPS) is 12.7. The molecule has 2 N–H and O–H groups in total. The van der Waals surface area contributed by atoms with Gasteiger partial charge in [0.1, 0.15) is 6.04 Å². The zero-order valence-electron chi connectivity index (χ0n) is 23.4. The molecular weight excluding hydrogens is 528 g/mol. The molecule has 0 spiro atoms. The third kappa shape index (κ3) is 7.91. The zero-order chi connectivity index (χ0) is 29.2. The first-order valence-corrected chi connectivity index (χ1v) is 14.0. The van der Waals surface area contributed by atoms with Gasteiger partial charge in [-0.1, -0.05) is 82.1 Å². The number of benzene rings is 2. The van der Waals surface area contributed by atoms with Crippen LogP contribution >= 0.6 is 12.6 Å². The molecule has 0 aliphatic rings. The lowest BCUT2D eigenvalue weighted by atomic mass is 9.98. The van der Waals surface area contributed by atoms with E-state index in [0.29, 0.717) is 18.9 Å². The number of nitrogens with one attached hydrogen (secondary N) is 1. The molecule has 2 atom stereocenters. The number of tetrazole rings is 1.